The zero-order chi connectivity index (χ0) is 11.4. The Morgan fingerprint density at radius 1 is 1.67 bits per heavy atom. The van der Waals surface area contributed by atoms with E-state index in [1.165, 1.54) is 10.6 Å². The number of aryl methyl sites for hydroxylation is 1. The number of pyridine rings is 1. The molecule has 0 amide bonds. The molecule has 0 aliphatic rings. The first kappa shape index (κ1) is 11.7. The molecule has 1 heterocycles. The Bertz CT molecular complexity index is 475. The molecule has 80 valence electrons. The summed E-state index contributed by atoms with van der Waals surface area (Å²) in [6.07, 6.45) is 3.72. The molecular weight excluding hydrogens is 260 g/mol. The van der Waals surface area contributed by atoms with E-state index in [1.807, 2.05) is 13.0 Å². The Morgan fingerprint density at radius 2 is 2.33 bits per heavy atom. The molecule has 0 saturated heterocycles. The molecule has 0 aliphatic heterocycles. The molecule has 0 saturated carbocycles. The van der Waals surface area contributed by atoms with Crippen LogP contribution in [0.4, 0.5) is 0 Å². The Labute approximate surface area is 95.7 Å². The summed E-state index contributed by atoms with van der Waals surface area (Å²) in [5, 5.41) is 9.27. The second kappa shape index (κ2) is 4.93. The first-order valence-corrected chi connectivity index (χ1v) is 5.11. The normalized spacial score (nSPS) is 13.0. The molecule has 5 heteroatoms. The quantitative estimate of drug-likeness (QED) is 0.660. The van der Waals surface area contributed by atoms with Crippen molar-refractivity contribution in [2.75, 3.05) is 0 Å². The maximum Gasteiger partial charge on any atom is 0.219 e. The Balaban J connectivity index is 3.53. The summed E-state index contributed by atoms with van der Waals surface area (Å²) in [5.74, 6) is -0.129. The lowest BCUT2D eigenvalue weighted by atomic mass is 10.3. The molecular formula is C10H11BrN2O2. The van der Waals surface area contributed by atoms with Gasteiger partial charge in [0.1, 0.15) is 0 Å². The second-order valence-electron chi connectivity index (χ2n) is 2.96. The van der Waals surface area contributed by atoms with Gasteiger partial charge in [-0.3, -0.25) is 9.36 Å². The van der Waals surface area contributed by atoms with Gasteiger partial charge in [0.15, 0.2) is 5.49 Å². The van der Waals surface area contributed by atoms with Gasteiger partial charge in [0.25, 0.3) is 0 Å². The van der Waals surface area contributed by atoms with Gasteiger partial charge in [-0.25, -0.2) is 0 Å². The number of allylic oxidation sites excluding steroid dienone is 1. The number of aliphatic hydroxyl groups excluding tert-OH is 1. The average molecular weight is 271 g/mol. The molecule has 0 atom stereocenters. The lowest BCUT2D eigenvalue weighted by Gasteiger charge is -2.02. The summed E-state index contributed by atoms with van der Waals surface area (Å²) in [6.45, 7) is 3.52. The minimum Gasteiger partial charge on any atom is -0.493 e. The number of aromatic nitrogens is 1. The third-order valence-electron chi connectivity index (χ3n) is 1.75. The van der Waals surface area contributed by atoms with Gasteiger partial charge in [-0.1, -0.05) is 0 Å². The van der Waals surface area contributed by atoms with Crippen molar-refractivity contribution < 1.29 is 9.90 Å². The average Bonchev–Trinajstić information content (AvgIpc) is 2.21. The van der Waals surface area contributed by atoms with E-state index in [-0.39, 0.29) is 5.88 Å². The highest BCUT2D eigenvalue weighted by molar-refractivity contribution is 9.10. The zero-order valence-corrected chi connectivity index (χ0v) is 10.0. The van der Waals surface area contributed by atoms with Gasteiger partial charge in [-0.15, -0.1) is 0 Å². The van der Waals surface area contributed by atoms with Crippen molar-refractivity contribution >= 4 is 22.3 Å². The van der Waals surface area contributed by atoms with Crippen molar-refractivity contribution in [3.8, 4) is 0 Å². The number of carbonyl (C=O) groups is 1. The van der Waals surface area contributed by atoms with Gasteiger partial charge in [-0.2, -0.15) is 4.99 Å². The van der Waals surface area contributed by atoms with Crippen LogP contribution in [0.15, 0.2) is 33.7 Å². The van der Waals surface area contributed by atoms with Crippen molar-refractivity contribution in [2.24, 2.45) is 4.99 Å². The van der Waals surface area contributed by atoms with Crippen LogP contribution in [0, 0.1) is 6.92 Å². The fourth-order valence-electron chi connectivity index (χ4n) is 1.07. The number of halogens is 1. The summed E-state index contributed by atoms with van der Waals surface area (Å²) in [4.78, 5) is 14.7. The van der Waals surface area contributed by atoms with E-state index in [2.05, 4.69) is 20.9 Å². The van der Waals surface area contributed by atoms with Gasteiger partial charge in [0, 0.05) is 6.20 Å². The third kappa shape index (κ3) is 2.79. The maximum atomic E-state index is 10.8. The molecule has 15 heavy (non-hydrogen) atoms. The van der Waals surface area contributed by atoms with Crippen LogP contribution in [0.3, 0.4) is 0 Å². The number of carbonyl (C=O) groups excluding carboxylic acids is 1. The first-order chi connectivity index (χ1) is 7.08. The van der Waals surface area contributed by atoms with Crippen LogP contribution in [0.1, 0.15) is 12.5 Å². The van der Waals surface area contributed by atoms with Gasteiger partial charge in [0.2, 0.25) is 12.3 Å². The fraction of sp³-hybridized carbons (Fsp3) is 0.200. The van der Waals surface area contributed by atoms with Gasteiger partial charge in [-0.05, 0) is 47.5 Å². The predicted octanol–water partition coefficient (Wildman–Crippen LogP) is 1.92. The largest absolute Gasteiger partial charge is 0.493 e. The SMILES string of the molecule is C/C=C(O)\N=c1\c(Br)cc(C)cn1C=O. The highest BCUT2D eigenvalue weighted by Crippen LogP contribution is 2.05. The van der Waals surface area contributed by atoms with Gasteiger partial charge >= 0.3 is 0 Å². The molecule has 0 bridgehead atoms. The highest BCUT2D eigenvalue weighted by Gasteiger charge is 2.00. The second-order valence-corrected chi connectivity index (χ2v) is 3.81. The molecule has 1 aromatic rings. The number of aliphatic hydroxyl groups is 1. The van der Waals surface area contributed by atoms with Crippen LogP contribution < -0.4 is 5.49 Å². The van der Waals surface area contributed by atoms with E-state index >= 15 is 0 Å². The highest BCUT2D eigenvalue weighted by atomic mass is 79.9. The molecule has 0 spiro atoms. The van der Waals surface area contributed by atoms with Crippen molar-refractivity contribution in [2.45, 2.75) is 13.8 Å². The molecule has 1 aromatic heterocycles. The van der Waals surface area contributed by atoms with Crippen molar-refractivity contribution in [1.29, 1.82) is 0 Å². The van der Waals surface area contributed by atoms with E-state index in [9.17, 15) is 9.90 Å². The van der Waals surface area contributed by atoms with Crippen molar-refractivity contribution in [1.82, 2.24) is 4.57 Å². The minimum atomic E-state index is -0.129. The Morgan fingerprint density at radius 3 is 2.87 bits per heavy atom. The third-order valence-corrected chi connectivity index (χ3v) is 2.33. The van der Waals surface area contributed by atoms with Crippen LogP contribution in [-0.2, 0) is 4.79 Å². The molecule has 4 nitrogen and oxygen atoms in total. The molecule has 0 aromatic carbocycles. The van der Waals surface area contributed by atoms with E-state index in [1.54, 1.807) is 13.1 Å². The van der Waals surface area contributed by atoms with Gasteiger partial charge < -0.3 is 5.11 Å². The molecule has 0 aliphatic carbocycles. The van der Waals surface area contributed by atoms with Crippen molar-refractivity contribution in [3.05, 3.63) is 39.7 Å². The fourth-order valence-corrected chi connectivity index (χ4v) is 1.72. The number of hydrogen-bond donors (Lipinski definition) is 1. The molecule has 0 unspecified atom stereocenters. The van der Waals surface area contributed by atoms with Crippen LogP contribution >= 0.6 is 15.9 Å². The van der Waals surface area contributed by atoms with Crippen LogP contribution in [0.2, 0.25) is 0 Å². The van der Waals surface area contributed by atoms with Crippen molar-refractivity contribution in [3.63, 3.8) is 0 Å². The van der Waals surface area contributed by atoms with E-state index in [4.69, 9.17) is 0 Å². The number of nitrogens with zero attached hydrogens (tertiary/aromatic N) is 2. The molecule has 0 radical (unpaired) electrons. The Hall–Kier alpha value is -1.36. The van der Waals surface area contributed by atoms with Crippen LogP contribution in [0.5, 0.6) is 0 Å². The summed E-state index contributed by atoms with van der Waals surface area (Å²) >= 11 is 3.28. The lowest BCUT2D eigenvalue weighted by Crippen LogP contribution is -2.22. The molecule has 1 rings (SSSR count). The number of rotatable bonds is 2. The standard InChI is InChI=1S/C10H11BrN2O2/c1-3-9(15)12-10-8(11)4-7(2)5-13(10)6-14/h3-6,15H,1-2H3/b9-3+,12-10-. The molecule has 1 N–H and O–H groups in total. The first-order valence-electron chi connectivity index (χ1n) is 4.32. The summed E-state index contributed by atoms with van der Waals surface area (Å²) in [5.41, 5.74) is 1.29. The van der Waals surface area contributed by atoms with E-state index in [0.29, 0.717) is 16.4 Å². The number of hydrogen-bond acceptors (Lipinski definition) is 3. The molecule has 0 fully saturated rings. The summed E-state index contributed by atoms with van der Waals surface area (Å²) in [6, 6.07) is 1.82. The predicted molar refractivity (Wildman–Crippen MR) is 61.0 cm³/mol. The van der Waals surface area contributed by atoms with Crippen LogP contribution in [-0.4, -0.2) is 16.1 Å². The van der Waals surface area contributed by atoms with Gasteiger partial charge in [0.05, 0.1) is 4.47 Å². The topological polar surface area (TPSA) is 54.6 Å². The van der Waals surface area contributed by atoms with E-state index in [0.717, 1.165) is 5.56 Å². The Kier molecular flexibility index (Phi) is 3.85. The maximum absolute atomic E-state index is 10.8. The summed E-state index contributed by atoms with van der Waals surface area (Å²) < 4.78 is 1.96. The zero-order valence-electron chi connectivity index (χ0n) is 8.44. The lowest BCUT2D eigenvalue weighted by molar-refractivity contribution is 0.400. The van der Waals surface area contributed by atoms with E-state index < -0.39 is 0 Å². The minimum absolute atomic E-state index is 0.129. The summed E-state index contributed by atoms with van der Waals surface area (Å²) in [7, 11) is 0. The monoisotopic (exact) mass is 270 g/mol. The van der Waals surface area contributed by atoms with Crippen LogP contribution in [0.25, 0.3) is 0 Å². The smallest absolute Gasteiger partial charge is 0.219 e.